The first kappa shape index (κ1) is 11.7. The van der Waals surface area contributed by atoms with Crippen molar-refractivity contribution in [1.82, 2.24) is 15.0 Å². The molecular weight excluding hydrogens is 219 g/mol. The van der Waals surface area contributed by atoms with Crippen molar-refractivity contribution in [1.29, 1.82) is 0 Å². The second-order valence-electron chi connectivity index (χ2n) is 3.95. The summed E-state index contributed by atoms with van der Waals surface area (Å²) < 4.78 is 14.8. The van der Waals surface area contributed by atoms with E-state index >= 15 is 0 Å². The Morgan fingerprint density at radius 2 is 2.24 bits per heavy atom. The van der Waals surface area contributed by atoms with Gasteiger partial charge in [-0.1, -0.05) is 17.3 Å². The molecule has 0 saturated heterocycles. The van der Waals surface area contributed by atoms with Gasteiger partial charge in [-0.3, -0.25) is 0 Å². The monoisotopic (exact) mass is 234 g/mol. The molecule has 1 heterocycles. The quantitative estimate of drug-likeness (QED) is 0.866. The lowest BCUT2D eigenvalue weighted by Crippen LogP contribution is -2.06. The highest BCUT2D eigenvalue weighted by atomic mass is 19.1. The van der Waals surface area contributed by atoms with Gasteiger partial charge in [0.1, 0.15) is 5.82 Å². The molecular formula is C12H15FN4. The number of nitrogens with two attached hydrogens (primary N) is 1. The van der Waals surface area contributed by atoms with E-state index in [1.54, 1.807) is 10.7 Å². The van der Waals surface area contributed by atoms with Gasteiger partial charge in [-0.2, -0.15) is 0 Å². The van der Waals surface area contributed by atoms with Crippen molar-refractivity contribution in [2.45, 2.75) is 19.9 Å². The van der Waals surface area contributed by atoms with Crippen LogP contribution in [0.1, 0.15) is 17.0 Å². The molecule has 5 heteroatoms. The third kappa shape index (κ3) is 2.68. The summed E-state index contributed by atoms with van der Waals surface area (Å²) in [6.45, 7) is 3.03. The van der Waals surface area contributed by atoms with E-state index in [2.05, 4.69) is 10.3 Å². The van der Waals surface area contributed by atoms with Crippen molar-refractivity contribution in [3.63, 3.8) is 0 Å². The third-order valence-electron chi connectivity index (χ3n) is 2.68. The van der Waals surface area contributed by atoms with E-state index in [1.807, 2.05) is 13.0 Å². The average molecular weight is 234 g/mol. The molecule has 0 fully saturated rings. The Morgan fingerprint density at radius 3 is 2.94 bits per heavy atom. The zero-order valence-corrected chi connectivity index (χ0v) is 9.73. The van der Waals surface area contributed by atoms with Crippen LogP contribution in [0.15, 0.2) is 24.3 Å². The maximum Gasteiger partial charge on any atom is 0.123 e. The molecule has 4 nitrogen and oxygen atoms in total. The summed E-state index contributed by atoms with van der Waals surface area (Å²) in [5.74, 6) is -0.234. The molecule has 2 aromatic rings. The first-order chi connectivity index (χ1) is 8.20. The summed E-state index contributed by atoms with van der Waals surface area (Å²) in [5.41, 5.74) is 8.25. The van der Waals surface area contributed by atoms with Crippen molar-refractivity contribution >= 4 is 0 Å². The lowest BCUT2D eigenvalue weighted by molar-refractivity contribution is 0.609. The number of benzene rings is 1. The molecule has 2 N–H and O–H groups in total. The number of hydrogen-bond acceptors (Lipinski definition) is 3. The molecule has 0 spiro atoms. The maximum atomic E-state index is 13.0. The fourth-order valence-corrected chi connectivity index (χ4v) is 1.72. The Balaban J connectivity index is 2.19. The van der Waals surface area contributed by atoms with Crippen LogP contribution in [-0.2, 0) is 13.0 Å². The topological polar surface area (TPSA) is 56.7 Å². The normalized spacial score (nSPS) is 10.8. The van der Waals surface area contributed by atoms with Gasteiger partial charge in [0.15, 0.2) is 0 Å². The molecule has 0 aliphatic rings. The van der Waals surface area contributed by atoms with E-state index < -0.39 is 0 Å². The molecule has 0 aliphatic carbocycles. The summed E-state index contributed by atoms with van der Waals surface area (Å²) in [7, 11) is 0. The zero-order valence-electron chi connectivity index (χ0n) is 9.73. The van der Waals surface area contributed by atoms with Crippen molar-refractivity contribution in [2.24, 2.45) is 5.73 Å². The maximum absolute atomic E-state index is 13.0. The molecule has 0 aliphatic heterocycles. The Kier molecular flexibility index (Phi) is 3.49. The lowest BCUT2D eigenvalue weighted by atomic mass is 10.2. The van der Waals surface area contributed by atoms with Crippen LogP contribution in [-0.4, -0.2) is 21.5 Å². The van der Waals surface area contributed by atoms with Crippen molar-refractivity contribution in [2.75, 3.05) is 6.54 Å². The molecule has 0 amide bonds. The lowest BCUT2D eigenvalue weighted by Gasteiger charge is -2.04. The van der Waals surface area contributed by atoms with Crippen LogP contribution in [0.3, 0.4) is 0 Å². The third-order valence-corrected chi connectivity index (χ3v) is 2.68. The van der Waals surface area contributed by atoms with Gasteiger partial charge in [0, 0.05) is 6.42 Å². The zero-order chi connectivity index (χ0) is 12.3. The molecule has 0 atom stereocenters. The van der Waals surface area contributed by atoms with Crippen LogP contribution in [0.5, 0.6) is 0 Å². The van der Waals surface area contributed by atoms with E-state index in [0.29, 0.717) is 13.1 Å². The minimum absolute atomic E-state index is 0.234. The largest absolute Gasteiger partial charge is 0.330 e. The Morgan fingerprint density at radius 1 is 1.41 bits per heavy atom. The van der Waals surface area contributed by atoms with E-state index in [-0.39, 0.29) is 5.82 Å². The van der Waals surface area contributed by atoms with E-state index in [9.17, 15) is 4.39 Å². The Hall–Kier alpha value is -1.75. The van der Waals surface area contributed by atoms with Gasteiger partial charge in [-0.15, -0.1) is 5.10 Å². The van der Waals surface area contributed by atoms with Crippen molar-refractivity contribution in [3.05, 3.63) is 47.0 Å². The van der Waals surface area contributed by atoms with Crippen LogP contribution in [0.4, 0.5) is 4.39 Å². The van der Waals surface area contributed by atoms with Gasteiger partial charge >= 0.3 is 0 Å². The van der Waals surface area contributed by atoms with Gasteiger partial charge in [0.25, 0.3) is 0 Å². The van der Waals surface area contributed by atoms with Gasteiger partial charge < -0.3 is 5.73 Å². The van der Waals surface area contributed by atoms with Crippen LogP contribution < -0.4 is 5.73 Å². The number of halogens is 1. The van der Waals surface area contributed by atoms with E-state index in [4.69, 9.17) is 5.73 Å². The first-order valence-corrected chi connectivity index (χ1v) is 5.54. The first-order valence-electron chi connectivity index (χ1n) is 5.54. The number of hydrogen-bond donors (Lipinski definition) is 1. The summed E-state index contributed by atoms with van der Waals surface area (Å²) in [6, 6.07) is 6.49. The summed E-state index contributed by atoms with van der Waals surface area (Å²) >= 11 is 0. The van der Waals surface area contributed by atoms with Gasteiger partial charge in [-0.25, -0.2) is 9.07 Å². The summed E-state index contributed by atoms with van der Waals surface area (Å²) in [4.78, 5) is 0. The molecule has 0 bridgehead atoms. The average Bonchev–Trinajstić information content (AvgIpc) is 2.62. The number of nitrogens with zero attached hydrogens (tertiary/aromatic N) is 3. The molecule has 0 unspecified atom stereocenters. The van der Waals surface area contributed by atoms with Crippen LogP contribution in [0.25, 0.3) is 0 Å². The number of aromatic nitrogens is 3. The molecule has 90 valence electrons. The standard InChI is InChI=1S/C12H15FN4/c1-9-12(5-6-14)15-16-17(9)8-10-3-2-4-11(13)7-10/h2-4,7H,5-6,8,14H2,1H3. The van der Waals surface area contributed by atoms with E-state index in [1.165, 1.54) is 12.1 Å². The molecule has 0 radical (unpaired) electrons. The smallest absolute Gasteiger partial charge is 0.123 e. The van der Waals surface area contributed by atoms with Gasteiger partial charge in [0.05, 0.1) is 17.9 Å². The molecule has 1 aromatic heterocycles. The second kappa shape index (κ2) is 5.05. The summed E-state index contributed by atoms with van der Waals surface area (Å²) in [6.07, 6.45) is 0.717. The highest BCUT2D eigenvalue weighted by Gasteiger charge is 2.08. The van der Waals surface area contributed by atoms with Crippen LogP contribution in [0.2, 0.25) is 0 Å². The van der Waals surface area contributed by atoms with E-state index in [0.717, 1.165) is 23.4 Å². The van der Waals surface area contributed by atoms with Gasteiger partial charge in [0.2, 0.25) is 0 Å². The second-order valence-corrected chi connectivity index (χ2v) is 3.95. The predicted molar refractivity (Wildman–Crippen MR) is 63.0 cm³/mol. The SMILES string of the molecule is Cc1c(CCN)nnn1Cc1cccc(F)c1. The Labute approximate surface area is 99.2 Å². The van der Waals surface area contributed by atoms with Crippen LogP contribution >= 0.6 is 0 Å². The summed E-state index contributed by atoms with van der Waals surface area (Å²) in [5, 5.41) is 8.11. The highest BCUT2D eigenvalue weighted by molar-refractivity contribution is 5.18. The molecule has 17 heavy (non-hydrogen) atoms. The van der Waals surface area contributed by atoms with Crippen molar-refractivity contribution < 1.29 is 4.39 Å². The van der Waals surface area contributed by atoms with Gasteiger partial charge in [-0.05, 0) is 31.2 Å². The number of rotatable bonds is 4. The molecule has 1 aromatic carbocycles. The predicted octanol–water partition coefficient (Wildman–Crippen LogP) is 1.28. The van der Waals surface area contributed by atoms with Crippen molar-refractivity contribution in [3.8, 4) is 0 Å². The molecule has 2 rings (SSSR count). The van der Waals surface area contributed by atoms with Crippen LogP contribution in [0, 0.1) is 12.7 Å². The minimum atomic E-state index is -0.234. The minimum Gasteiger partial charge on any atom is -0.330 e. The fourth-order valence-electron chi connectivity index (χ4n) is 1.72. The molecule has 0 saturated carbocycles. The highest BCUT2D eigenvalue weighted by Crippen LogP contribution is 2.09. The Bertz CT molecular complexity index is 507. The fraction of sp³-hybridized carbons (Fsp3) is 0.333.